The van der Waals surface area contributed by atoms with Crippen LogP contribution in [0, 0.1) is 11.8 Å². The van der Waals surface area contributed by atoms with Crippen molar-refractivity contribution in [3.05, 3.63) is 0 Å². The molecule has 2 rings (SSSR count). The van der Waals surface area contributed by atoms with Gasteiger partial charge in [0.25, 0.3) is 0 Å². The van der Waals surface area contributed by atoms with Crippen molar-refractivity contribution >= 4 is 30.1 Å². The van der Waals surface area contributed by atoms with E-state index in [4.69, 9.17) is 0 Å². The van der Waals surface area contributed by atoms with Gasteiger partial charge in [-0.05, 0) is 44.1 Å². The van der Waals surface area contributed by atoms with E-state index in [1.165, 1.54) is 0 Å². The maximum absolute atomic E-state index is 12.4. The van der Waals surface area contributed by atoms with Gasteiger partial charge in [0.2, 0.25) is 17.7 Å². The summed E-state index contributed by atoms with van der Waals surface area (Å²) in [5.41, 5.74) is 0. The van der Waals surface area contributed by atoms with E-state index in [9.17, 15) is 14.4 Å². The number of amides is 3. The third kappa shape index (κ3) is 8.47. The summed E-state index contributed by atoms with van der Waals surface area (Å²) in [5, 5.41) is 9.05. The summed E-state index contributed by atoms with van der Waals surface area (Å²) in [6, 6.07) is -0.0502. The highest BCUT2D eigenvalue weighted by Gasteiger charge is 2.26. The molecule has 3 N–H and O–H groups in total. The van der Waals surface area contributed by atoms with E-state index >= 15 is 0 Å². The van der Waals surface area contributed by atoms with Gasteiger partial charge in [-0.1, -0.05) is 13.8 Å². The van der Waals surface area contributed by atoms with Gasteiger partial charge in [-0.25, -0.2) is 0 Å². The molecule has 3 amide bonds. The predicted octanol–water partition coefficient (Wildman–Crippen LogP) is 1.07. The molecule has 0 bridgehead atoms. The van der Waals surface area contributed by atoms with E-state index in [0.717, 1.165) is 38.8 Å². The molecule has 0 radical (unpaired) electrons. The fourth-order valence-electron chi connectivity index (χ4n) is 3.64. The Morgan fingerprint density at radius 3 is 2.59 bits per heavy atom. The normalized spacial score (nSPS) is 22.3. The number of rotatable bonds is 8. The van der Waals surface area contributed by atoms with E-state index < -0.39 is 0 Å². The van der Waals surface area contributed by atoms with Crippen LogP contribution in [0.1, 0.15) is 52.4 Å². The van der Waals surface area contributed by atoms with E-state index in [2.05, 4.69) is 16.0 Å². The number of piperidine rings is 1. The van der Waals surface area contributed by atoms with Crippen LogP contribution in [-0.2, 0) is 14.4 Å². The summed E-state index contributed by atoms with van der Waals surface area (Å²) < 4.78 is 0. The molecule has 0 aromatic rings. The molecule has 2 unspecified atom stereocenters. The molecular weight excluding hydrogens is 368 g/mol. The Balaban J connectivity index is 0.00000364. The van der Waals surface area contributed by atoms with E-state index in [-0.39, 0.29) is 36.2 Å². The number of hydrogen-bond acceptors (Lipinski definition) is 4. The molecule has 7 nitrogen and oxygen atoms in total. The Kier molecular flexibility index (Phi) is 10.7. The first-order valence-corrected chi connectivity index (χ1v) is 10.0. The van der Waals surface area contributed by atoms with Gasteiger partial charge in [-0.15, -0.1) is 12.4 Å². The van der Waals surface area contributed by atoms with E-state index in [0.29, 0.717) is 44.3 Å². The lowest BCUT2D eigenvalue weighted by Crippen LogP contribution is -2.47. The summed E-state index contributed by atoms with van der Waals surface area (Å²) in [4.78, 5) is 38.0. The molecule has 2 aliphatic rings. The molecule has 0 aromatic heterocycles. The molecule has 2 heterocycles. The van der Waals surface area contributed by atoms with Crippen molar-refractivity contribution in [2.45, 2.75) is 58.4 Å². The Bertz CT molecular complexity index is 495. The summed E-state index contributed by atoms with van der Waals surface area (Å²) in [6.45, 7) is 7.41. The van der Waals surface area contributed by atoms with Crippen LogP contribution in [0.2, 0.25) is 0 Å². The second kappa shape index (κ2) is 12.2. The van der Waals surface area contributed by atoms with Crippen LogP contribution in [0.5, 0.6) is 0 Å². The minimum Gasteiger partial charge on any atom is -0.356 e. The SMILES string of the molecule is CC(C)CC(=O)NCCC(=O)N1CCCC(CNC(=O)C2CCCN2)C1.Cl. The minimum absolute atomic E-state index is 0. The van der Waals surface area contributed by atoms with Gasteiger partial charge in [-0.2, -0.15) is 0 Å². The van der Waals surface area contributed by atoms with Gasteiger partial charge < -0.3 is 20.9 Å². The molecule has 8 heteroatoms. The maximum atomic E-state index is 12.4. The lowest BCUT2D eigenvalue weighted by atomic mass is 9.97. The molecule has 2 atom stereocenters. The topological polar surface area (TPSA) is 90.5 Å². The highest BCUT2D eigenvalue weighted by Crippen LogP contribution is 2.17. The number of likely N-dealkylation sites (tertiary alicyclic amines) is 1. The van der Waals surface area contributed by atoms with Gasteiger partial charge in [0.1, 0.15) is 0 Å². The number of halogens is 1. The first kappa shape index (κ1) is 23.7. The Labute approximate surface area is 168 Å². The highest BCUT2D eigenvalue weighted by atomic mass is 35.5. The number of nitrogens with zero attached hydrogens (tertiary/aromatic N) is 1. The fraction of sp³-hybridized carbons (Fsp3) is 0.842. The van der Waals surface area contributed by atoms with Crippen molar-refractivity contribution in [3.63, 3.8) is 0 Å². The Morgan fingerprint density at radius 2 is 1.93 bits per heavy atom. The lowest BCUT2D eigenvalue weighted by Gasteiger charge is -2.33. The molecule has 0 saturated carbocycles. The number of carbonyl (C=O) groups excluding carboxylic acids is 3. The van der Waals surface area contributed by atoms with Crippen LogP contribution in [0.15, 0.2) is 0 Å². The van der Waals surface area contributed by atoms with Gasteiger partial charge >= 0.3 is 0 Å². The molecule has 2 saturated heterocycles. The van der Waals surface area contributed by atoms with Crippen LogP contribution in [0.4, 0.5) is 0 Å². The molecule has 2 fully saturated rings. The van der Waals surface area contributed by atoms with Crippen LogP contribution in [-0.4, -0.2) is 61.4 Å². The maximum Gasteiger partial charge on any atom is 0.237 e. The number of hydrogen-bond donors (Lipinski definition) is 3. The first-order chi connectivity index (χ1) is 12.5. The minimum atomic E-state index is -0.0502. The van der Waals surface area contributed by atoms with Crippen molar-refractivity contribution < 1.29 is 14.4 Å². The molecule has 0 aliphatic carbocycles. The molecule has 27 heavy (non-hydrogen) atoms. The highest BCUT2D eigenvalue weighted by molar-refractivity contribution is 5.85. The Hall–Kier alpha value is -1.34. The predicted molar refractivity (Wildman–Crippen MR) is 108 cm³/mol. The van der Waals surface area contributed by atoms with Crippen molar-refractivity contribution in [3.8, 4) is 0 Å². The smallest absolute Gasteiger partial charge is 0.237 e. The summed E-state index contributed by atoms with van der Waals surface area (Å²) in [5.74, 6) is 0.812. The van der Waals surface area contributed by atoms with Gasteiger partial charge in [0.15, 0.2) is 0 Å². The summed E-state index contributed by atoms with van der Waals surface area (Å²) in [6.07, 6.45) is 4.80. The van der Waals surface area contributed by atoms with E-state index in [1.807, 2.05) is 18.7 Å². The zero-order valence-corrected chi connectivity index (χ0v) is 17.4. The van der Waals surface area contributed by atoms with Crippen molar-refractivity contribution in [2.75, 3.05) is 32.7 Å². The van der Waals surface area contributed by atoms with Crippen LogP contribution in [0.25, 0.3) is 0 Å². The second-order valence-electron chi connectivity index (χ2n) is 7.94. The fourth-order valence-corrected chi connectivity index (χ4v) is 3.64. The van der Waals surface area contributed by atoms with Crippen LogP contribution in [0.3, 0.4) is 0 Å². The van der Waals surface area contributed by atoms with Gasteiger partial charge in [0.05, 0.1) is 6.04 Å². The van der Waals surface area contributed by atoms with Gasteiger partial charge in [0, 0.05) is 39.0 Å². The number of nitrogens with one attached hydrogen (secondary N) is 3. The largest absolute Gasteiger partial charge is 0.356 e. The molecule has 2 aliphatic heterocycles. The molecular formula is C19H35ClN4O3. The standard InChI is InChI=1S/C19H34N4O3.ClH/c1-14(2)11-17(24)21-9-7-18(25)23-10-4-5-15(13-23)12-22-19(26)16-6-3-8-20-16;/h14-16,20H,3-13H2,1-2H3,(H,21,24)(H,22,26);1H. The zero-order valence-electron chi connectivity index (χ0n) is 16.6. The van der Waals surface area contributed by atoms with Crippen molar-refractivity contribution in [1.29, 1.82) is 0 Å². The van der Waals surface area contributed by atoms with E-state index in [1.54, 1.807) is 0 Å². The average Bonchev–Trinajstić information content (AvgIpc) is 3.14. The van der Waals surface area contributed by atoms with Gasteiger partial charge in [-0.3, -0.25) is 14.4 Å². The second-order valence-corrected chi connectivity index (χ2v) is 7.94. The number of carbonyl (C=O) groups is 3. The molecule has 0 aromatic carbocycles. The van der Waals surface area contributed by atoms with Crippen molar-refractivity contribution in [2.24, 2.45) is 11.8 Å². The zero-order chi connectivity index (χ0) is 18.9. The lowest BCUT2D eigenvalue weighted by molar-refractivity contribution is -0.133. The third-order valence-electron chi connectivity index (χ3n) is 5.07. The summed E-state index contributed by atoms with van der Waals surface area (Å²) >= 11 is 0. The molecule has 156 valence electrons. The van der Waals surface area contributed by atoms with Crippen LogP contribution < -0.4 is 16.0 Å². The van der Waals surface area contributed by atoms with Crippen LogP contribution >= 0.6 is 12.4 Å². The molecule has 0 spiro atoms. The van der Waals surface area contributed by atoms with Crippen molar-refractivity contribution in [1.82, 2.24) is 20.9 Å². The quantitative estimate of drug-likeness (QED) is 0.566. The third-order valence-corrected chi connectivity index (χ3v) is 5.07. The average molecular weight is 403 g/mol. The Morgan fingerprint density at radius 1 is 1.15 bits per heavy atom. The first-order valence-electron chi connectivity index (χ1n) is 10.0. The monoisotopic (exact) mass is 402 g/mol. The summed E-state index contributed by atoms with van der Waals surface area (Å²) in [7, 11) is 0.